The van der Waals surface area contributed by atoms with Gasteiger partial charge in [0.15, 0.2) is 0 Å². The highest BCUT2D eigenvalue weighted by molar-refractivity contribution is 5.74. The minimum Gasteiger partial charge on any atom is -0.372 e. The third-order valence-corrected chi connectivity index (χ3v) is 3.62. The van der Waals surface area contributed by atoms with Crippen molar-refractivity contribution in [1.29, 1.82) is 0 Å². The first-order chi connectivity index (χ1) is 9.86. The van der Waals surface area contributed by atoms with E-state index in [1.807, 2.05) is 33.8 Å². The first-order valence-electron chi connectivity index (χ1n) is 7.24. The summed E-state index contributed by atoms with van der Waals surface area (Å²) in [7, 11) is 0. The van der Waals surface area contributed by atoms with Gasteiger partial charge in [0.1, 0.15) is 0 Å². The van der Waals surface area contributed by atoms with E-state index < -0.39 is 0 Å². The fourth-order valence-corrected chi connectivity index (χ4v) is 2.72. The van der Waals surface area contributed by atoms with E-state index in [0.717, 1.165) is 11.3 Å². The van der Waals surface area contributed by atoms with E-state index in [1.165, 1.54) is 0 Å². The van der Waals surface area contributed by atoms with Crippen LogP contribution in [0.2, 0.25) is 0 Å². The Labute approximate surface area is 124 Å². The Kier molecular flexibility index (Phi) is 4.67. The van der Waals surface area contributed by atoms with Gasteiger partial charge in [-0.1, -0.05) is 0 Å². The zero-order chi connectivity index (χ0) is 15.6. The zero-order valence-corrected chi connectivity index (χ0v) is 13.0. The Morgan fingerprint density at radius 2 is 2.00 bits per heavy atom. The van der Waals surface area contributed by atoms with Crippen LogP contribution in [0.25, 0.3) is 0 Å². The number of amides is 2. The van der Waals surface area contributed by atoms with Crippen LogP contribution in [0, 0.1) is 13.8 Å². The lowest BCUT2D eigenvalue weighted by molar-refractivity contribution is -0.0545. The molecule has 0 aromatic carbocycles. The molecule has 1 aliphatic rings. The standard InChI is InChI=1S/C15H23N3O3/c1-9-5-10(2)17-14(19)13(9)6-16-15(20)18-7-11(3)21-12(4)8-18/h5,11-12H,6-8H2,1-4H3,(H,16,20)(H,17,19)/t11-,12-/m1/s1. The Morgan fingerprint density at radius 3 is 2.57 bits per heavy atom. The summed E-state index contributed by atoms with van der Waals surface area (Å²) in [6.07, 6.45) is 0.0630. The molecule has 1 aliphatic heterocycles. The number of nitrogens with zero attached hydrogens (tertiary/aromatic N) is 1. The fraction of sp³-hybridized carbons (Fsp3) is 0.600. The molecule has 116 valence electrons. The van der Waals surface area contributed by atoms with E-state index in [2.05, 4.69) is 10.3 Å². The number of urea groups is 1. The Bertz CT molecular complexity index is 572. The van der Waals surface area contributed by atoms with Gasteiger partial charge in [-0.3, -0.25) is 4.79 Å². The van der Waals surface area contributed by atoms with Gasteiger partial charge in [0.05, 0.1) is 18.8 Å². The highest BCUT2D eigenvalue weighted by atomic mass is 16.5. The van der Waals surface area contributed by atoms with E-state index in [-0.39, 0.29) is 30.3 Å². The summed E-state index contributed by atoms with van der Waals surface area (Å²) in [5.74, 6) is 0. The van der Waals surface area contributed by atoms with Crippen LogP contribution >= 0.6 is 0 Å². The van der Waals surface area contributed by atoms with Crippen LogP contribution < -0.4 is 10.9 Å². The van der Waals surface area contributed by atoms with E-state index >= 15 is 0 Å². The molecular formula is C15H23N3O3. The van der Waals surface area contributed by atoms with Gasteiger partial charge in [0.25, 0.3) is 5.56 Å². The molecule has 1 saturated heterocycles. The van der Waals surface area contributed by atoms with Crippen LogP contribution in [-0.4, -0.2) is 41.2 Å². The number of aromatic amines is 1. The number of ether oxygens (including phenoxy) is 1. The molecule has 2 N–H and O–H groups in total. The molecule has 2 rings (SSSR count). The number of morpholine rings is 1. The molecule has 2 amide bonds. The monoisotopic (exact) mass is 293 g/mol. The van der Waals surface area contributed by atoms with Crippen LogP contribution in [0.4, 0.5) is 4.79 Å². The Balaban J connectivity index is 2.00. The second kappa shape index (κ2) is 6.30. The predicted molar refractivity (Wildman–Crippen MR) is 80.4 cm³/mol. The van der Waals surface area contributed by atoms with Crippen molar-refractivity contribution in [1.82, 2.24) is 15.2 Å². The van der Waals surface area contributed by atoms with Crippen LogP contribution in [0.15, 0.2) is 10.9 Å². The molecular weight excluding hydrogens is 270 g/mol. The zero-order valence-electron chi connectivity index (χ0n) is 13.0. The smallest absolute Gasteiger partial charge is 0.317 e. The number of hydrogen-bond donors (Lipinski definition) is 2. The maximum Gasteiger partial charge on any atom is 0.317 e. The molecule has 2 atom stereocenters. The van der Waals surface area contributed by atoms with Crippen molar-refractivity contribution in [3.63, 3.8) is 0 Å². The third kappa shape index (κ3) is 3.85. The molecule has 1 fully saturated rings. The summed E-state index contributed by atoms with van der Waals surface area (Å²) in [4.78, 5) is 28.6. The third-order valence-electron chi connectivity index (χ3n) is 3.62. The van der Waals surface area contributed by atoms with Crippen molar-refractivity contribution in [3.05, 3.63) is 33.2 Å². The summed E-state index contributed by atoms with van der Waals surface area (Å²) in [6, 6.07) is 1.75. The van der Waals surface area contributed by atoms with Gasteiger partial charge in [0.2, 0.25) is 0 Å². The van der Waals surface area contributed by atoms with Gasteiger partial charge in [-0.25, -0.2) is 4.79 Å². The maximum absolute atomic E-state index is 12.2. The molecule has 6 heteroatoms. The second-order valence-electron chi connectivity index (χ2n) is 5.76. The number of hydrogen-bond acceptors (Lipinski definition) is 3. The van der Waals surface area contributed by atoms with Crippen LogP contribution in [0.5, 0.6) is 0 Å². The van der Waals surface area contributed by atoms with Crippen LogP contribution in [0.3, 0.4) is 0 Å². The molecule has 2 heterocycles. The number of aromatic nitrogens is 1. The van der Waals surface area contributed by atoms with Crippen LogP contribution in [-0.2, 0) is 11.3 Å². The first-order valence-corrected chi connectivity index (χ1v) is 7.24. The minimum atomic E-state index is -0.156. The van der Waals surface area contributed by atoms with Gasteiger partial charge in [-0.2, -0.15) is 0 Å². The van der Waals surface area contributed by atoms with Crippen molar-refractivity contribution in [3.8, 4) is 0 Å². The number of carbonyl (C=O) groups excluding carboxylic acids is 1. The maximum atomic E-state index is 12.2. The second-order valence-corrected chi connectivity index (χ2v) is 5.76. The molecule has 0 saturated carbocycles. The summed E-state index contributed by atoms with van der Waals surface area (Å²) in [5.41, 5.74) is 2.17. The van der Waals surface area contributed by atoms with E-state index in [1.54, 1.807) is 4.90 Å². The number of rotatable bonds is 2. The van der Waals surface area contributed by atoms with Gasteiger partial charge in [-0.05, 0) is 39.3 Å². The quantitative estimate of drug-likeness (QED) is 0.863. The molecule has 21 heavy (non-hydrogen) atoms. The lowest BCUT2D eigenvalue weighted by Gasteiger charge is -2.35. The van der Waals surface area contributed by atoms with Crippen molar-refractivity contribution >= 4 is 6.03 Å². The fourth-order valence-electron chi connectivity index (χ4n) is 2.72. The summed E-state index contributed by atoms with van der Waals surface area (Å²) < 4.78 is 5.60. The van der Waals surface area contributed by atoms with Crippen molar-refractivity contribution in [2.75, 3.05) is 13.1 Å². The van der Waals surface area contributed by atoms with Crippen molar-refractivity contribution < 1.29 is 9.53 Å². The highest BCUT2D eigenvalue weighted by Crippen LogP contribution is 2.11. The van der Waals surface area contributed by atoms with Gasteiger partial charge in [0, 0.05) is 24.3 Å². The van der Waals surface area contributed by atoms with Crippen LogP contribution in [0.1, 0.15) is 30.7 Å². The molecule has 0 unspecified atom stereocenters. The average Bonchev–Trinajstić information content (AvgIpc) is 2.35. The average molecular weight is 293 g/mol. The number of aryl methyl sites for hydroxylation is 2. The number of pyridine rings is 1. The van der Waals surface area contributed by atoms with Gasteiger partial charge >= 0.3 is 6.03 Å². The number of H-pyrrole nitrogens is 1. The molecule has 0 aliphatic carbocycles. The van der Waals surface area contributed by atoms with Crippen molar-refractivity contribution in [2.45, 2.75) is 46.4 Å². The minimum absolute atomic E-state index is 0.0315. The summed E-state index contributed by atoms with van der Waals surface area (Å²) in [6.45, 7) is 8.99. The molecule has 0 radical (unpaired) electrons. The van der Waals surface area contributed by atoms with Crippen molar-refractivity contribution in [2.24, 2.45) is 0 Å². The molecule has 0 spiro atoms. The molecule has 0 bridgehead atoms. The summed E-state index contributed by atoms with van der Waals surface area (Å²) >= 11 is 0. The lowest BCUT2D eigenvalue weighted by atomic mass is 10.1. The SMILES string of the molecule is Cc1cc(C)c(CNC(=O)N2C[C@@H](C)O[C@H](C)C2)c(=O)[nH]1. The topological polar surface area (TPSA) is 74.4 Å². The van der Waals surface area contributed by atoms with E-state index in [9.17, 15) is 9.59 Å². The highest BCUT2D eigenvalue weighted by Gasteiger charge is 2.25. The Morgan fingerprint density at radius 1 is 1.38 bits per heavy atom. The number of nitrogens with one attached hydrogen (secondary N) is 2. The largest absolute Gasteiger partial charge is 0.372 e. The predicted octanol–water partition coefficient (Wildman–Crippen LogP) is 1.31. The lowest BCUT2D eigenvalue weighted by Crippen LogP contribution is -2.51. The molecule has 6 nitrogen and oxygen atoms in total. The van der Waals surface area contributed by atoms with Gasteiger partial charge in [-0.15, -0.1) is 0 Å². The van der Waals surface area contributed by atoms with E-state index in [0.29, 0.717) is 18.7 Å². The van der Waals surface area contributed by atoms with Gasteiger partial charge < -0.3 is 19.9 Å². The van der Waals surface area contributed by atoms with E-state index in [4.69, 9.17) is 4.74 Å². The summed E-state index contributed by atoms with van der Waals surface area (Å²) in [5, 5.41) is 2.82. The molecule has 1 aromatic heterocycles. The normalized spacial score (nSPS) is 22.2. The number of carbonyl (C=O) groups is 1. The molecule has 1 aromatic rings. The Hall–Kier alpha value is -1.82. The first kappa shape index (κ1) is 15.6.